The van der Waals surface area contributed by atoms with Crippen LogP contribution in [0.4, 0.5) is 5.82 Å². The Bertz CT molecular complexity index is 483. The van der Waals surface area contributed by atoms with E-state index in [2.05, 4.69) is 24.3 Å². The van der Waals surface area contributed by atoms with Crippen LogP contribution in [-0.2, 0) is 0 Å². The van der Waals surface area contributed by atoms with Crippen molar-refractivity contribution in [3.63, 3.8) is 0 Å². The van der Waals surface area contributed by atoms with Gasteiger partial charge in [-0.25, -0.2) is 10.8 Å². The number of pyridine rings is 1. The van der Waals surface area contributed by atoms with Crippen molar-refractivity contribution in [3.05, 3.63) is 23.4 Å². The fourth-order valence-corrected chi connectivity index (χ4v) is 2.41. The maximum atomic E-state index is 12.5. The molecule has 0 bridgehead atoms. The zero-order valence-corrected chi connectivity index (χ0v) is 12.5. The van der Waals surface area contributed by atoms with E-state index < -0.39 is 0 Å². The summed E-state index contributed by atoms with van der Waals surface area (Å²) in [5.41, 5.74) is 4.06. The van der Waals surface area contributed by atoms with Gasteiger partial charge in [0, 0.05) is 24.8 Å². The number of hydrazine groups is 1. The van der Waals surface area contributed by atoms with Crippen molar-refractivity contribution in [2.75, 3.05) is 19.0 Å². The standard InChI is InChI=1S/C15H24N4O/c1-10(2)13-7-12(8-14(17-13)18-16)15(20)19(3)9-11-5-4-6-11/h7-8,10-11H,4-6,9,16H2,1-3H3,(H,17,18). The molecule has 1 amide bonds. The smallest absolute Gasteiger partial charge is 0.253 e. The second-order valence-corrected chi connectivity index (χ2v) is 5.95. The van der Waals surface area contributed by atoms with Crippen LogP contribution in [0.5, 0.6) is 0 Å². The van der Waals surface area contributed by atoms with E-state index in [1.54, 1.807) is 6.07 Å². The lowest BCUT2D eigenvalue weighted by Gasteiger charge is -2.30. The molecule has 0 unspecified atom stereocenters. The molecule has 1 fully saturated rings. The van der Waals surface area contributed by atoms with Gasteiger partial charge in [-0.05, 0) is 36.8 Å². The lowest BCUT2D eigenvalue weighted by atomic mass is 9.85. The molecule has 0 aromatic carbocycles. The number of amides is 1. The van der Waals surface area contributed by atoms with Gasteiger partial charge in [-0.2, -0.15) is 0 Å². The number of nitrogens with one attached hydrogen (secondary N) is 1. The van der Waals surface area contributed by atoms with Crippen molar-refractivity contribution in [1.29, 1.82) is 0 Å². The average Bonchev–Trinajstić information content (AvgIpc) is 2.41. The van der Waals surface area contributed by atoms with Crippen LogP contribution in [0.3, 0.4) is 0 Å². The lowest BCUT2D eigenvalue weighted by Crippen LogP contribution is -2.34. The van der Waals surface area contributed by atoms with Gasteiger partial charge < -0.3 is 10.3 Å². The van der Waals surface area contributed by atoms with Crippen molar-refractivity contribution in [2.45, 2.75) is 39.0 Å². The van der Waals surface area contributed by atoms with E-state index in [4.69, 9.17) is 5.84 Å². The van der Waals surface area contributed by atoms with Crippen LogP contribution in [-0.4, -0.2) is 29.4 Å². The Labute approximate surface area is 120 Å². The van der Waals surface area contributed by atoms with Crippen LogP contribution in [0.2, 0.25) is 0 Å². The summed E-state index contributed by atoms with van der Waals surface area (Å²) in [5, 5.41) is 0. The average molecular weight is 276 g/mol. The summed E-state index contributed by atoms with van der Waals surface area (Å²) in [6.45, 7) is 4.94. The number of carbonyl (C=O) groups excluding carboxylic acids is 1. The maximum absolute atomic E-state index is 12.5. The molecule has 3 N–H and O–H groups in total. The number of hydrogen-bond acceptors (Lipinski definition) is 4. The highest BCUT2D eigenvalue weighted by Crippen LogP contribution is 2.27. The number of hydrogen-bond donors (Lipinski definition) is 2. The zero-order chi connectivity index (χ0) is 14.7. The van der Waals surface area contributed by atoms with Crippen LogP contribution in [0.15, 0.2) is 12.1 Å². The molecule has 110 valence electrons. The third-order valence-electron chi connectivity index (χ3n) is 3.94. The summed E-state index contributed by atoms with van der Waals surface area (Å²) < 4.78 is 0. The van der Waals surface area contributed by atoms with E-state index in [0.29, 0.717) is 17.3 Å². The van der Waals surface area contributed by atoms with E-state index in [9.17, 15) is 4.79 Å². The predicted molar refractivity (Wildman–Crippen MR) is 80.4 cm³/mol. The third-order valence-corrected chi connectivity index (χ3v) is 3.94. The molecule has 5 nitrogen and oxygen atoms in total. The van der Waals surface area contributed by atoms with E-state index >= 15 is 0 Å². The Morgan fingerprint density at radius 1 is 1.50 bits per heavy atom. The van der Waals surface area contributed by atoms with Crippen LogP contribution in [0, 0.1) is 5.92 Å². The van der Waals surface area contributed by atoms with Crippen molar-refractivity contribution < 1.29 is 4.79 Å². The Morgan fingerprint density at radius 3 is 2.70 bits per heavy atom. The number of anilines is 1. The van der Waals surface area contributed by atoms with Crippen molar-refractivity contribution in [1.82, 2.24) is 9.88 Å². The molecule has 0 saturated heterocycles. The second-order valence-electron chi connectivity index (χ2n) is 5.95. The lowest BCUT2D eigenvalue weighted by molar-refractivity contribution is 0.0745. The first kappa shape index (κ1) is 14.8. The number of carbonyl (C=O) groups is 1. The molecule has 1 aromatic rings. The van der Waals surface area contributed by atoms with Gasteiger partial charge in [0.05, 0.1) is 0 Å². The summed E-state index contributed by atoms with van der Waals surface area (Å²) in [6.07, 6.45) is 3.77. The number of nitrogens with zero attached hydrogens (tertiary/aromatic N) is 2. The van der Waals surface area contributed by atoms with E-state index in [0.717, 1.165) is 12.2 Å². The zero-order valence-electron chi connectivity index (χ0n) is 12.5. The molecule has 1 saturated carbocycles. The maximum Gasteiger partial charge on any atom is 0.253 e. The topological polar surface area (TPSA) is 71.2 Å². The third kappa shape index (κ3) is 3.28. The predicted octanol–water partition coefficient (Wildman–Crippen LogP) is 2.36. The fraction of sp³-hybridized carbons (Fsp3) is 0.600. The van der Waals surface area contributed by atoms with Crippen LogP contribution >= 0.6 is 0 Å². The molecule has 1 heterocycles. The van der Waals surface area contributed by atoms with Gasteiger partial charge in [0.25, 0.3) is 5.91 Å². The van der Waals surface area contributed by atoms with Crippen LogP contribution < -0.4 is 11.3 Å². The molecule has 1 aliphatic rings. The summed E-state index contributed by atoms with van der Waals surface area (Å²) in [6, 6.07) is 3.58. The van der Waals surface area contributed by atoms with E-state index in [1.807, 2.05) is 18.0 Å². The normalized spacial score (nSPS) is 15.1. The van der Waals surface area contributed by atoms with E-state index in [1.165, 1.54) is 19.3 Å². The molecule has 0 spiro atoms. The van der Waals surface area contributed by atoms with Gasteiger partial charge in [0.15, 0.2) is 0 Å². The van der Waals surface area contributed by atoms with Crippen molar-refractivity contribution >= 4 is 11.7 Å². The Morgan fingerprint density at radius 2 is 2.20 bits per heavy atom. The number of rotatable bonds is 5. The summed E-state index contributed by atoms with van der Waals surface area (Å²) >= 11 is 0. The molecular formula is C15H24N4O. The van der Waals surface area contributed by atoms with Gasteiger partial charge >= 0.3 is 0 Å². The summed E-state index contributed by atoms with van der Waals surface area (Å²) in [5.74, 6) is 6.94. The highest BCUT2D eigenvalue weighted by molar-refractivity contribution is 5.94. The van der Waals surface area contributed by atoms with Crippen LogP contribution in [0.1, 0.15) is 55.1 Å². The molecule has 1 aromatic heterocycles. The molecule has 5 heteroatoms. The first-order valence-corrected chi connectivity index (χ1v) is 7.25. The Balaban J connectivity index is 2.16. The summed E-state index contributed by atoms with van der Waals surface area (Å²) in [4.78, 5) is 18.7. The fourth-order valence-electron chi connectivity index (χ4n) is 2.41. The van der Waals surface area contributed by atoms with Gasteiger partial charge in [-0.15, -0.1) is 0 Å². The van der Waals surface area contributed by atoms with E-state index in [-0.39, 0.29) is 11.8 Å². The molecule has 0 radical (unpaired) electrons. The molecule has 20 heavy (non-hydrogen) atoms. The largest absolute Gasteiger partial charge is 0.341 e. The highest BCUT2D eigenvalue weighted by atomic mass is 16.2. The molecule has 2 rings (SSSR count). The number of nitrogen functional groups attached to an aromatic ring is 1. The summed E-state index contributed by atoms with van der Waals surface area (Å²) in [7, 11) is 1.87. The Kier molecular flexibility index (Phi) is 4.60. The molecule has 0 atom stereocenters. The van der Waals surface area contributed by atoms with Gasteiger partial charge in [0.2, 0.25) is 0 Å². The van der Waals surface area contributed by atoms with Crippen molar-refractivity contribution in [2.24, 2.45) is 11.8 Å². The minimum absolute atomic E-state index is 0.0395. The monoisotopic (exact) mass is 276 g/mol. The minimum Gasteiger partial charge on any atom is -0.341 e. The van der Waals surface area contributed by atoms with Gasteiger partial charge in [0.1, 0.15) is 5.82 Å². The second kappa shape index (κ2) is 6.22. The number of nitrogens with two attached hydrogens (primary N) is 1. The SMILES string of the molecule is CC(C)c1cc(C(=O)N(C)CC2CCC2)cc(NN)n1. The Hall–Kier alpha value is -1.62. The highest BCUT2D eigenvalue weighted by Gasteiger charge is 2.22. The number of aromatic nitrogens is 1. The quantitative estimate of drug-likeness (QED) is 0.640. The molecule has 0 aliphatic heterocycles. The van der Waals surface area contributed by atoms with Crippen LogP contribution in [0.25, 0.3) is 0 Å². The molecular weight excluding hydrogens is 252 g/mol. The minimum atomic E-state index is 0.0395. The van der Waals surface area contributed by atoms with Gasteiger partial charge in [-0.3, -0.25) is 4.79 Å². The molecule has 1 aliphatic carbocycles. The first-order chi connectivity index (χ1) is 9.51. The van der Waals surface area contributed by atoms with Crippen molar-refractivity contribution in [3.8, 4) is 0 Å². The van der Waals surface area contributed by atoms with Gasteiger partial charge in [-0.1, -0.05) is 20.3 Å². The first-order valence-electron chi connectivity index (χ1n) is 7.25.